The van der Waals surface area contributed by atoms with Crippen LogP contribution in [-0.2, 0) is 19.1 Å². The molecule has 2 unspecified atom stereocenters. The maximum atomic E-state index is 12.2. The highest BCUT2D eigenvalue weighted by atomic mass is 16.5. The molecule has 0 aromatic carbocycles. The quantitative estimate of drug-likeness (QED) is 0.0602. The fourth-order valence-corrected chi connectivity index (χ4v) is 5.35. The molecule has 0 aliphatic carbocycles. The van der Waals surface area contributed by atoms with E-state index < -0.39 is 0 Å². The summed E-state index contributed by atoms with van der Waals surface area (Å²) in [6.07, 6.45) is 28.1. The van der Waals surface area contributed by atoms with Crippen molar-refractivity contribution < 1.29 is 19.1 Å². The van der Waals surface area contributed by atoms with Gasteiger partial charge >= 0.3 is 11.9 Å². The smallest absolute Gasteiger partial charge is 0.306 e. The Morgan fingerprint density at radius 1 is 0.488 bits per heavy atom. The third kappa shape index (κ3) is 28.8. The van der Waals surface area contributed by atoms with Gasteiger partial charge in [0.2, 0.25) is 0 Å². The fraction of sp³-hybridized carbons (Fsp3) is 0.944. The number of rotatable bonds is 31. The zero-order valence-corrected chi connectivity index (χ0v) is 28.3. The van der Waals surface area contributed by atoms with Crippen molar-refractivity contribution in [2.24, 2.45) is 0 Å². The molecule has 0 bridgehead atoms. The topological polar surface area (TPSA) is 55.8 Å². The summed E-state index contributed by atoms with van der Waals surface area (Å²) in [4.78, 5) is 26.8. The van der Waals surface area contributed by atoms with Crippen LogP contribution in [0.15, 0.2) is 0 Å². The molecule has 0 aromatic heterocycles. The van der Waals surface area contributed by atoms with Crippen molar-refractivity contribution in [1.82, 2.24) is 4.90 Å². The number of nitrogens with zero attached hydrogens (tertiary/aromatic N) is 1. The average molecular weight is 582 g/mol. The third-order valence-corrected chi connectivity index (χ3v) is 8.29. The van der Waals surface area contributed by atoms with Crippen LogP contribution < -0.4 is 0 Å². The number of unbranched alkanes of at least 4 members (excludes halogenated alkanes) is 18. The molecule has 0 fully saturated rings. The highest BCUT2D eigenvalue weighted by molar-refractivity contribution is 5.69. The van der Waals surface area contributed by atoms with Gasteiger partial charge in [-0.2, -0.15) is 0 Å². The maximum absolute atomic E-state index is 12.2. The summed E-state index contributed by atoms with van der Waals surface area (Å²) in [6, 6.07) is 0. The van der Waals surface area contributed by atoms with Crippen LogP contribution in [0, 0.1) is 0 Å². The monoisotopic (exact) mass is 582 g/mol. The number of hydrogen-bond acceptors (Lipinski definition) is 5. The van der Waals surface area contributed by atoms with Crippen LogP contribution in [0.3, 0.4) is 0 Å². The van der Waals surface area contributed by atoms with Gasteiger partial charge < -0.3 is 14.4 Å². The van der Waals surface area contributed by atoms with Crippen molar-refractivity contribution in [2.45, 2.75) is 201 Å². The Balaban J connectivity index is 3.77. The molecule has 41 heavy (non-hydrogen) atoms. The first-order valence-electron chi connectivity index (χ1n) is 18.0. The van der Waals surface area contributed by atoms with E-state index in [4.69, 9.17) is 9.47 Å². The summed E-state index contributed by atoms with van der Waals surface area (Å²) >= 11 is 0. The van der Waals surface area contributed by atoms with Gasteiger partial charge in [0.25, 0.3) is 0 Å². The second-order valence-electron chi connectivity index (χ2n) is 12.5. The Kier molecular flexibility index (Phi) is 29.5. The Labute approximate surface area is 256 Å². The zero-order chi connectivity index (χ0) is 30.4. The van der Waals surface area contributed by atoms with Crippen LogP contribution in [0.2, 0.25) is 0 Å². The minimum atomic E-state index is -0.0593. The number of carbonyl (C=O) groups is 2. The van der Waals surface area contributed by atoms with Gasteiger partial charge in [-0.15, -0.1) is 0 Å². The molecule has 0 aliphatic rings. The minimum Gasteiger partial charge on any atom is -0.463 e. The molecule has 0 heterocycles. The van der Waals surface area contributed by atoms with Crippen molar-refractivity contribution >= 4 is 11.9 Å². The molecule has 0 spiro atoms. The van der Waals surface area contributed by atoms with E-state index in [9.17, 15) is 9.59 Å². The van der Waals surface area contributed by atoms with Gasteiger partial charge in [-0.1, -0.05) is 136 Å². The average Bonchev–Trinajstić information content (AvgIpc) is 2.95. The van der Waals surface area contributed by atoms with Gasteiger partial charge in [-0.05, 0) is 46.1 Å². The molecule has 0 radical (unpaired) electrons. The van der Waals surface area contributed by atoms with Crippen LogP contribution >= 0.6 is 0 Å². The molecule has 2 atom stereocenters. The summed E-state index contributed by atoms with van der Waals surface area (Å²) in [5.41, 5.74) is 0. The Morgan fingerprint density at radius 3 is 1.07 bits per heavy atom. The van der Waals surface area contributed by atoms with E-state index in [-0.39, 0.29) is 24.1 Å². The standard InChI is InChI=1S/C36H71NO4/c1-6-9-11-13-15-17-19-21-23-25-27-35(38)40-33(4)29-31-37(8-3)32-30-34(5)41-36(39)28-26-24-22-20-18-16-14-12-10-7-2/h33-34H,6-32H2,1-5H3. The van der Waals surface area contributed by atoms with Gasteiger partial charge in [-0.3, -0.25) is 9.59 Å². The SMILES string of the molecule is CCCCCCCCCCCCC(=O)OC(C)CCN(CC)CCC(C)OC(=O)CCCCCCCCCCCC. The number of hydrogen-bond donors (Lipinski definition) is 0. The highest BCUT2D eigenvalue weighted by Gasteiger charge is 2.14. The molecular weight excluding hydrogens is 510 g/mol. The molecule has 244 valence electrons. The fourth-order valence-electron chi connectivity index (χ4n) is 5.35. The zero-order valence-electron chi connectivity index (χ0n) is 28.3. The number of ether oxygens (including phenoxy) is 2. The van der Waals surface area contributed by atoms with Crippen molar-refractivity contribution in [3.63, 3.8) is 0 Å². The lowest BCUT2D eigenvalue weighted by Crippen LogP contribution is -2.31. The Hall–Kier alpha value is -1.10. The molecule has 0 aromatic rings. The second kappa shape index (κ2) is 30.4. The summed E-state index contributed by atoms with van der Waals surface area (Å²) in [5, 5.41) is 0. The lowest BCUT2D eigenvalue weighted by atomic mass is 10.1. The second-order valence-corrected chi connectivity index (χ2v) is 12.5. The molecule has 5 nitrogen and oxygen atoms in total. The van der Waals surface area contributed by atoms with Crippen molar-refractivity contribution in [2.75, 3.05) is 19.6 Å². The summed E-state index contributed by atoms with van der Waals surface area (Å²) in [7, 11) is 0. The lowest BCUT2D eigenvalue weighted by molar-refractivity contribution is -0.149. The normalized spacial score (nSPS) is 12.9. The van der Waals surface area contributed by atoms with E-state index in [1.165, 1.54) is 103 Å². The summed E-state index contributed by atoms with van der Waals surface area (Å²) in [6.45, 7) is 13.4. The predicted molar refractivity (Wildman–Crippen MR) is 175 cm³/mol. The van der Waals surface area contributed by atoms with E-state index in [1.807, 2.05) is 13.8 Å². The highest BCUT2D eigenvalue weighted by Crippen LogP contribution is 2.14. The van der Waals surface area contributed by atoms with E-state index in [0.717, 1.165) is 58.2 Å². The first-order chi connectivity index (χ1) is 19.9. The van der Waals surface area contributed by atoms with Crippen LogP contribution in [0.25, 0.3) is 0 Å². The van der Waals surface area contributed by atoms with Crippen LogP contribution in [0.5, 0.6) is 0 Å². The molecular formula is C36H71NO4. The minimum absolute atomic E-state index is 0.0527. The van der Waals surface area contributed by atoms with E-state index >= 15 is 0 Å². The molecule has 0 saturated carbocycles. The van der Waals surface area contributed by atoms with Gasteiger partial charge in [0.1, 0.15) is 12.2 Å². The van der Waals surface area contributed by atoms with Crippen molar-refractivity contribution in [3.05, 3.63) is 0 Å². The van der Waals surface area contributed by atoms with Crippen LogP contribution in [-0.4, -0.2) is 48.7 Å². The van der Waals surface area contributed by atoms with Crippen LogP contribution in [0.1, 0.15) is 189 Å². The first kappa shape index (κ1) is 39.9. The van der Waals surface area contributed by atoms with E-state index in [0.29, 0.717) is 12.8 Å². The Morgan fingerprint density at radius 2 is 0.780 bits per heavy atom. The molecule has 5 heteroatoms. The molecule has 0 aliphatic heterocycles. The van der Waals surface area contributed by atoms with Gasteiger partial charge in [0, 0.05) is 25.9 Å². The first-order valence-corrected chi connectivity index (χ1v) is 18.0. The summed E-state index contributed by atoms with van der Waals surface area (Å²) in [5.74, 6) is -0.105. The Bertz CT molecular complexity index is 534. The third-order valence-electron chi connectivity index (χ3n) is 8.29. The molecule has 0 N–H and O–H groups in total. The number of esters is 2. The number of carbonyl (C=O) groups excluding carboxylic acids is 2. The molecule has 0 saturated heterocycles. The maximum Gasteiger partial charge on any atom is 0.306 e. The van der Waals surface area contributed by atoms with Gasteiger partial charge in [0.15, 0.2) is 0 Å². The van der Waals surface area contributed by atoms with Crippen molar-refractivity contribution in [3.8, 4) is 0 Å². The largest absolute Gasteiger partial charge is 0.463 e. The van der Waals surface area contributed by atoms with Gasteiger partial charge in [-0.25, -0.2) is 0 Å². The summed E-state index contributed by atoms with van der Waals surface area (Å²) < 4.78 is 11.3. The molecule has 0 rings (SSSR count). The van der Waals surface area contributed by atoms with Crippen LogP contribution in [0.4, 0.5) is 0 Å². The van der Waals surface area contributed by atoms with E-state index in [2.05, 4.69) is 25.7 Å². The van der Waals surface area contributed by atoms with Crippen molar-refractivity contribution in [1.29, 1.82) is 0 Å². The predicted octanol–water partition coefficient (Wildman–Crippen LogP) is 10.6. The molecule has 0 amide bonds. The lowest BCUT2D eigenvalue weighted by Gasteiger charge is -2.24. The van der Waals surface area contributed by atoms with E-state index in [1.54, 1.807) is 0 Å². The van der Waals surface area contributed by atoms with Gasteiger partial charge in [0.05, 0.1) is 0 Å².